The summed E-state index contributed by atoms with van der Waals surface area (Å²) in [7, 11) is 0. The van der Waals surface area contributed by atoms with E-state index in [1.54, 1.807) is 0 Å². The molecule has 0 spiro atoms. The molecule has 2 fully saturated rings. The highest BCUT2D eigenvalue weighted by atomic mass is 16.5. The lowest BCUT2D eigenvalue weighted by molar-refractivity contribution is -0.124. The minimum Gasteiger partial charge on any atom is -0.381 e. The largest absolute Gasteiger partial charge is 0.381 e. The third kappa shape index (κ3) is 4.46. The van der Waals surface area contributed by atoms with Crippen LogP contribution in [-0.4, -0.2) is 31.2 Å². The van der Waals surface area contributed by atoms with Gasteiger partial charge in [0.1, 0.15) is 0 Å². The Labute approximate surface area is 116 Å². The van der Waals surface area contributed by atoms with E-state index in [2.05, 4.69) is 5.32 Å². The molecule has 4 nitrogen and oxygen atoms in total. The van der Waals surface area contributed by atoms with Crippen molar-refractivity contribution in [2.45, 2.75) is 63.3 Å². The van der Waals surface area contributed by atoms with Gasteiger partial charge < -0.3 is 15.8 Å². The smallest absolute Gasteiger partial charge is 0.220 e. The van der Waals surface area contributed by atoms with Gasteiger partial charge in [-0.1, -0.05) is 32.1 Å². The molecule has 1 amide bonds. The molecule has 110 valence electrons. The van der Waals surface area contributed by atoms with Gasteiger partial charge >= 0.3 is 0 Å². The van der Waals surface area contributed by atoms with Crippen molar-refractivity contribution in [2.24, 2.45) is 11.7 Å². The molecule has 0 atom stereocenters. The van der Waals surface area contributed by atoms with E-state index in [4.69, 9.17) is 10.5 Å². The lowest BCUT2D eigenvalue weighted by atomic mass is 9.85. The van der Waals surface area contributed by atoms with E-state index < -0.39 is 0 Å². The first-order chi connectivity index (χ1) is 9.24. The molecule has 1 saturated carbocycles. The Bertz CT molecular complexity index is 282. The van der Waals surface area contributed by atoms with E-state index in [1.165, 1.54) is 32.1 Å². The van der Waals surface area contributed by atoms with Crippen molar-refractivity contribution in [2.75, 3.05) is 19.8 Å². The quantitative estimate of drug-likeness (QED) is 0.801. The minimum absolute atomic E-state index is 0.179. The van der Waals surface area contributed by atoms with Gasteiger partial charge in [0, 0.05) is 26.2 Å². The second kappa shape index (κ2) is 7.25. The van der Waals surface area contributed by atoms with E-state index >= 15 is 0 Å². The summed E-state index contributed by atoms with van der Waals surface area (Å²) in [6.45, 7) is 1.94. The van der Waals surface area contributed by atoms with Crippen LogP contribution in [0.2, 0.25) is 0 Å². The van der Waals surface area contributed by atoms with E-state index in [9.17, 15) is 4.79 Å². The van der Waals surface area contributed by atoms with Crippen molar-refractivity contribution in [3.63, 3.8) is 0 Å². The number of amides is 1. The van der Waals surface area contributed by atoms with Crippen LogP contribution in [0.15, 0.2) is 0 Å². The Hall–Kier alpha value is -0.610. The molecule has 0 radical (unpaired) electrons. The molecule has 1 aliphatic heterocycles. The van der Waals surface area contributed by atoms with Crippen LogP contribution in [0.5, 0.6) is 0 Å². The summed E-state index contributed by atoms with van der Waals surface area (Å²) in [5.41, 5.74) is 5.65. The van der Waals surface area contributed by atoms with Crippen molar-refractivity contribution < 1.29 is 9.53 Å². The van der Waals surface area contributed by atoms with Crippen molar-refractivity contribution in [3.8, 4) is 0 Å². The van der Waals surface area contributed by atoms with Crippen molar-refractivity contribution in [1.82, 2.24) is 5.32 Å². The number of hydrogen-bond acceptors (Lipinski definition) is 3. The summed E-state index contributed by atoms with van der Waals surface area (Å²) < 4.78 is 5.36. The van der Waals surface area contributed by atoms with Gasteiger partial charge in [-0.2, -0.15) is 0 Å². The van der Waals surface area contributed by atoms with Gasteiger partial charge in [0.2, 0.25) is 5.91 Å². The summed E-state index contributed by atoms with van der Waals surface area (Å²) in [6, 6.07) is 0. The second-order valence-electron chi connectivity index (χ2n) is 6.19. The molecule has 1 saturated heterocycles. The van der Waals surface area contributed by atoms with Crippen LogP contribution in [0, 0.1) is 5.92 Å². The Morgan fingerprint density at radius 2 is 1.89 bits per heavy atom. The lowest BCUT2D eigenvalue weighted by Crippen LogP contribution is -2.56. The SMILES string of the molecule is NCC1(NC(=O)CCC2CCCCC2)CCOCC1. The number of carbonyl (C=O) groups excluding carboxylic acids is 1. The summed E-state index contributed by atoms with van der Waals surface area (Å²) in [5.74, 6) is 0.945. The van der Waals surface area contributed by atoms with Crippen LogP contribution in [0.4, 0.5) is 0 Å². The van der Waals surface area contributed by atoms with Crippen LogP contribution in [0.3, 0.4) is 0 Å². The highest BCUT2D eigenvalue weighted by Gasteiger charge is 2.32. The summed E-state index contributed by atoms with van der Waals surface area (Å²) in [6.07, 6.45) is 10.1. The zero-order valence-corrected chi connectivity index (χ0v) is 12.0. The topological polar surface area (TPSA) is 64.3 Å². The Balaban J connectivity index is 1.72. The maximum absolute atomic E-state index is 12.1. The molecule has 19 heavy (non-hydrogen) atoms. The molecule has 3 N–H and O–H groups in total. The minimum atomic E-state index is -0.206. The lowest BCUT2D eigenvalue weighted by Gasteiger charge is -2.37. The van der Waals surface area contributed by atoms with Crippen molar-refractivity contribution in [3.05, 3.63) is 0 Å². The van der Waals surface area contributed by atoms with Crippen LogP contribution in [0.25, 0.3) is 0 Å². The predicted octanol–water partition coefficient (Wildman–Crippen LogP) is 1.97. The van der Waals surface area contributed by atoms with Gasteiger partial charge in [-0.15, -0.1) is 0 Å². The molecule has 2 aliphatic rings. The molecule has 0 aromatic heterocycles. The highest BCUT2D eigenvalue weighted by Crippen LogP contribution is 2.27. The van der Waals surface area contributed by atoms with Gasteiger partial charge in [0.25, 0.3) is 0 Å². The summed E-state index contributed by atoms with van der Waals surface area (Å²) in [5, 5.41) is 3.18. The predicted molar refractivity (Wildman–Crippen MR) is 75.8 cm³/mol. The van der Waals surface area contributed by atoms with Gasteiger partial charge in [-0.05, 0) is 25.2 Å². The number of hydrogen-bond donors (Lipinski definition) is 2. The fourth-order valence-corrected chi connectivity index (χ4v) is 3.31. The van der Waals surface area contributed by atoms with Gasteiger partial charge in [-0.3, -0.25) is 4.79 Å². The van der Waals surface area contributed by atoms with E-state index in [1.807, 2.05) is 0 Å². The Morgan fingerprint density at radius 3 is 2.53 bits per heavy atom. The first-order valence-electron chi connectivity index (χ1n) is 7.83. The molecular formula is C15H28N2O2. The van der Waals surface area contributed by atoms with Gasteiger partial charge in [-0.25, -0.2) is 0 Å². The third-order valence-corrected chi connectivity index (χ3v) is 4.75. The average Bonchev–Trinajstić information content (AvgIpc) is 2.47. The number of nitrogens with one attached hydrogen (secondary N) is 1. The van der Waals surface area contributed by atoms with Crippen LogP contribution < -0.4 is 11.1 Å². The molecule has 0 aromatic rings. The molecular weight excluding hydrogens is 240 g/mol. The molecule has 0 aromatic carbocycles. The maximum Gasteiger partial charge on any atom is 0.220 e. The van der Waals surface area contributed by atoms with E-state index in [0.717, 1.165) is 25.2 Å². The first kappa shape index (κ1) is 14.8. The number of nitrogens with two attached hydrogens (primary N) is 1. The van der Waals surface area contributed by atoms with E-state index in [0.29, 0.717) is 26.2 Å². The fourth-order valence-electron chi connectivity index (χ4n) is 3.31. The van der Waals surface area contributed by atoms with Crippen LogP contribution >= 0.6 is 0 Å². The summed E-state index contributed by atoms with van der Waals surface area (Å²) in [4.78, 5) is 12.1. The maximum atomic E-state index is 12.1. The summed E-state index contributed by atoms with van der Waals surface area (Å²) >= 11 is 0. The molecule has 0 unspecified atom stereocenters. The van der Waals surface area contributed by atoms with Crippen LogP contribution in [0.1, 0.15) is 57.8 Å². The standard InChI is InChI=1S/C15H28N2O2/c16-12-15(8-10-19-11-9-15)17-14(18)7-6-13-4-2-1-3-5-13/h13H,1-12,16H2,(H,17,18). The highest BCUT2D eigenvalue weighted by molar-refractivity contribution is 5.76. The molecule has 1 aliphatic carbocycles. The van der Waals surface area contributed by atoms with Crippen molar-refractivity contribution in [1.29, 1.82) is 0 Å². The Kier molecular flexibility index (Phi) is 5.64. The number of ether oxygens (including phenoxy) is 1. The normalized spacial score (nSPS) is 24.1. The van der Waals surface area contributed by atoms with E-state index in [-0.39, 0.29) is 11.4 Å². The van der Waals surface area contributed by atoms with Gasteiger partial charge in [0.05, 0.1) is 5.54 Å². The van der Waals surface area contributed by atoms with Crippen molar-refractivity contribution >= 4 is 5.91 Å². The molecule has 4 heteroatoms. The zero-order valence-electron chi connectivity index (χ0n) is 12.0. The fraction of sp³-hybridized carbons (Fsp3) is 0.933. The molecule has 0 bridgehead atoms. The molecule has 2 rings (SSSR count). The number of carbonyl (C=O) groups is 1. The third-order valence-electron chi connectivity index (χ3n) is 4.75. The average molecular weight is 268 g/mol. The van der Waals surface area contributed by atoms with Gasteiger partial charge in [0.15, 0.2) is 0 Å². The monoisotopic (exact) mass is 268 g/mol. The first-order valence-corrected chi connectivity index (χ1v) is 7.83. The number of rotatable bonds is 5. The Morgan fingerprint density at radius 1 is 1.21 bits per heavy atom. The second-order valence-corrected chi connectivity index (χ2v) is 6.19. The molecule has 1 heterocycles. The zero-order chi connectivity index (χ0) is 13.6. The van der Waals surface area contributed by atoms with Crippen LogP contribution in [-0.2, 0) is 9.53 Å².